The van der Waals surface area contributed by atoms with Crippen LogP contribution in [-0.4, -0.2) is 33.7 Å². The average molecular weight is 380 g/mol. The van der Waals surface area contributed by atoms with Crippen LogP contribution in [0, 0.1) is 12.8 Å². The van der Waals surface area contributed by atoms with E-state index in [9.17, 15) is 18.0 Å². The summed E-state index contributed by atoms with van der Waals surface area (Å²) in [6, 6.07) is 4.09. The molecule has 1 N–H and O–H groups in total. The highest BCUT2D eigenvalue weighted by Gasteiger charge is 2.45. The number of fused-ring (bicyclic) bond motifs is 3. The summed E-state index contributed by atoms with van der Waals surface area (Å²) >= 11 is 0. The first-order chi connectivity index (χ1) is 12.8. The topological polar surface area (TPSA) is 71.3 Å². The minimum absolute atomic E-state index is 0.00273. The molecule has 5 rings (SSSR count). The van der Waals surface area contributed by atoms with E-state index in [1.54, 1.807) is 11.8 Å². The van der Waals surface area contributed by atoms with Gasteiger partial charge >= 0.3 is 12.2 Å². The number of benzene rings is 1. The summed E-state index contributed by atoms with van der Waals surface area (Å²) in [6.45, 7) is 2.38. The quantitative estimate of drug-likeness (QED) is 0.848. The van der Waals surface area contributed by atoms with Gasteiger partial charge in [0.05, 0.1) is 11.5 Å². The van der Waals surface area contributed by atoms with Gasteiger partial charge in [0.25, 0.3) is 0 Å². The van der Waals surface area contributed by atoms with Crippen molar-refractivity contribution in [3.63, 3.8) is 0 Å². The van der Waals surface area contributed by atoms with Crippen molar-refractivity contribution < 1.29 is 22.5 Å². The van der Waals surface area contributed by atoms with E-state index in [4.69, 9.17) is 4.52 Å². The van der Waals surface area contributed by atoms with Gasteiger partial charge in [-0.2, -0.15) is 18.2 Å². The number of amides is 2. The van der Waals surface area contributed by atoms with Gasteiger partial charge in [0.15, 0.2) is 5.82 Å². The Morgan fingerprint density at radius 1 is 1.26 bits per heavy atom. The number of piperidine rings is 2. The number of urea groups is 1. The minimum Gasteiger partial charge on any atom is -0.339 e. The van der Waals surface area contributed by atoms with Crippen molar-refractivity contribution in [2.24, 2.45) is 5.92 Å². The Hall–Kier alpha value is -2.58. The molecule has 2 aliphatic heterocycles. The van der Waals surface area contributed by atoms with Gasteiger partial charge in [-0.1, -0.05) is 5.16 Å². The fraction of sp³-hybridized carbons (Fsp3) is 0.500. The molecule has 144 valence electrons. The first-order valence-corrected chi connectivity index (χ1v) is 8.86. The molecule has 1 aromatic carbocycles. The minimum atomic E-state index is -4.40. The predicted octanol–water partition coefficient (Wildman–Crippen LogP) is 4.20. The van der Waals surface area contributed by atoms with Crippen LogP contribution in [0.5, 0.6) is 0 Å². The van der Waals surface area contributed by atoms with Crippen LogP contribution in [0.2, 0.25) is 0 Å². The first kappa shape index (κ1) is 17.8. The molecule has 1 aliphatic carbocycles. The molecule has 3 fully saturated rings. The van der Waals surface area contributed by atoms with E-state index >= 15 is 0 Å². The molecule has 2 amide bonds. The van der Waals surface area contributed by atoms with E-state index in [0.29, 0.717) is 29.9 Å². The third-order valence-corrected chi connectivity index (χ3v) is 5.36. The van der Waals surface area contributed by atoms with E-state index in [0.717, 1.165) is 31.4 Å². The molecule has 2 bridgehead atoms. The van der Waals surface area contributed by atoms with E-state index in [1.165, 1.54) is 12.1 Å². The lowest BCUT2D eigenvalue weighted by Crippen LogP contribution is -2.55. The molecule has 0 spiro atoms. The van der Waals surface area contributed by atoms with Gasteiger partial charge in [-0.25, -0.2) is 4.79 Å². The molecule has 6 nitrogen and oxygen atoms in total. The molecule has 3 heterocycles. The van der Waals surface area contributed by atoms with Crippen molar-refractivity contribution in [3.8, 4) is 0 Å². The lowest BCUT2D eigenvalue weighted by molar-refractivity contribution is -0.137. The summed E-state index contributed by atoms with van der Waals surface area (Å²) in [5.74, 6) is 1.46. The molecule has 9 heteroatoms. The van der Waals surface area contributed by atoms with E-state index in [2.05, 4.69) is 15.5 Å². The molecule has 3 unspecified atom stereocenters. The zero-order chi connectivity index (χ0) is 19.2. The van der Waals surface area contributed by atoms with Gasteiger partial charge in [-0.3, -0.25) is 0 Å². The smallest absolute Gasteiger partial charge is 0.339 e. The monoisotopic (exact) mass is 380 g/mol. The number of aryl methyl sites for hydroxylation is 1. The van der Waals surface area contributed by atoms with E-state index in [-0.39, 0.29) is 18.0 Å². The maximum absolute atomic E-state index is 12.7. The van der Waals surface area contributed by atoms with Crippen LogP contribution in [-0.2, 0) is 6.18 Å². The van der Waals surface area contributed by atoms with Crippen LogP contribution in [0.4, 0.5) is 23.7 Å². The summed E-state index contributed by atoms with van der Waals surface area (Å²) in [4.78, 5) is 18.8. The third kappa shape index (κ3) is 3.50. The summed E-state index contributed by atoms with van der Waals surface area (Å²) in [5.41, 5.74) is -0.413. The Morgan fingerprint density at radius 2 is 2.00 bits per heavy atom. The Morgan fingerprint density at radius 3 is 2.59 bits per heavy atom. The van der Waals surface area contributed by atoms with Crippen molar-refractivity contribution in [2.75, 3.05) is 11.9 Å². The van der Waals surface area contributed by atoms with Crippen molar-refractivity contribution in [2.45, 2.75) is 44.3 Å². The summed E-state index contributed by atoms with van der Waals surface area (Å²) in [6.07, 6.45) is -1.62. The lowest BCUT2D eigenvalue weighted by Gasteiger charge is -2.48. The Kier molecular flexibility index (Phi) is 4.32. The van der Waals surface area contributed by atoms with Gasteiger partial charge in [-0.15, -0.1) is 0 Å². The highest BCUT2D eigenvalue weighted by atomic mass is 19.4. The van der Waals surface area contributed by atoms with Crippen LogP contribution >= 0.6 is 0 Å². The predicted molar refractivity (Wildman–Crippen MR) is 90.1 cm³/mol. The second-order valence-corrected chi connectivity index (χ2v) is 7.19. The molecule has 0 radical (unpaired) electrons. The second kappa shape index (κ2) is 6.54. The van der Waals surface area contributed by atoms with Crippen LogP contribution < -0.4 is 5.32 Å². The molecular weight excluding hydrogens is 361 g/mol. The van der Waals surface area contributed by atoms with Crippen LogP contribution in [0.25, 0.3) is 0 Å². The van der Waals surface area contributed by atoms with E-state index in [1.807, 2.05) is 0 Å². The number of aromatic nitrogens is 2. The molecule has 3 atom stereocenters. The normalized spacial score (nSPS) is 24.9. The molecule has 2 saturated heterocycles. The highest BCUT2D eigenvalue weighted by Crippen LogP contribution is 2.44. The van der Waals surface area contributed by atoms with Crippen LogP contribution in [0.1, 0.15) is 42.5 Å². The number of nitrogens with one attached hydrogen (secondary N) is 1. The van der Waals surface area contributed by atoms with Crippen molar-refractivity contribution in [1.82, 2.24) is 15.0 Å². The largest absolute Gasteiger partial charge is 0.416 e. The maximum atomic E-state index is 12.7. The van der Waals surface area contributed by atoms with Crippen molar-refractivity contribution in [3.05, 3.63) is 41.5 Å². The van der Waals surface area contributed by atoms with Crippen LogP contribution in [0.15, 0.2) is 28.8 Å². The fourth-order valence-electron chi connectivity index (χ4n) is 4.09. The number of carbonyl (C=O) groups excluding carboxylic acids is 1. The standard InChI is InChI=1S/C18H19F3N4O2/c1-10-22-16(27-24-10)14-8-11-2-7-15(14)25(9-11)17(26)23-13-5-3-12(4-6-13)18(19,20)21/h3-6,11,14-15H,2,7-9H2,1H3,(H,23,26). The number of anilines is 1. The molecule has 1 saturated carbocycles. The highest BCUT2D eigenvalue weighted by molar-refractivity contribution is 5.89. The molecule has 3 aliphatic rings. The third-order valence-electron chi connectivity index (χ3n) is 5.36. The molecule has 1 aromatic heterocycles. The Labute approximate surface area is 153 Å². The molecular formula is C18H19F3N4O2. The number of alkyl halides is 3. The average Bonchev–Trinajstić information content (AvgIpc) is 3.08. The summed E-state index contributed by atoms with van der Waals surface area (Å²) < 4.78 is 43.3. The first-order valence-electron chi connectivity index (χ1n) is 8.86. The number of rotatable bonds is 2. The second-order valence-electron chi connectivity index (χ2n) is 7.19. The van der Waals surface area contributed by atoms with Gasteiger partial charge in [-0.05, 0) is 56.4 Å². The number of nitrogens with zero attached hydrogens (tertiary/aromatic N) is 3. The van der Waals surface area contributed by atoms with Gasteiger partial charge in [0, 0.05) is 18.3 Å². The van der Waals surface area contributed by atoms with Gasteiger partial charge in [0.2, 0.25) is 5.89 Å². The molecule has 27 heavy (non-hydrogen) atoms. The van der Waals surface area contributed by atoms with Crippen LogP contribution in [0.3, 0.4) is 0 Å². The van der Waals surface area contributed by atoms with Gasteiger partial charge < -0.3 is 14.7 Å². The number of carbonyl (C=O) groups is 1. The Balaban J connectivity index is 1.48. The lowest BCUT2D eigenvalue weighted by atomic mass is 9.72. The van der Waals surface area contributed by atoms with Gasteiger partial charge in [0.1, 0.15) is 0 Å². The van der Waals surface area contributed by atoms with Crippen molar-refractivity contribution >= 4 is 11.7 Å². The summed E-state index contributed by atoms with van der Waals surface area (Å²) in [7, 11) is 0. The van der Waals surface area contributed by atoms with Crippen molar-refractivity contribution in [1.29, 1.82) is 0 Å². The zero-order valence-corrected chi connectivity index (χ0v) is 14.7. The number of halogens is 3. The zero-order valence-electron chi connectivity index (χ0n) is 14.7. The molecule has 2 aromatic rings. The summed E-state index contributed by atoms with van der Waals surface area (Å²) in [5, 5.41) is 6.55. The number of hydrogen-bond acceptors (Lipinski definition) is 4. The Bertz CT molecular complexity index is 834. The number of hydrogen-bond donors (Lipinski definition) is 1. The van der Waals surface area contributed by atoms with E-state index < -0.39 is 11.7 Å². The fourth-order valence-corrected chi connectivity index (χ4v) is 4.09. The maximum Gasteiger partial charge on any atom is 0.416 e. The SMILES string of the molecule is Cc1noc(C2CC3CCC2N(C(=O)Nc2ccc(C(F)(F)F)cc2)C3)n1.